The highest BCUT2D eigenvalue weighted by atomic mass is 35.5. The average molecular weight is 306 g/mol. The van der Waals surface area contributed by atoms with Crippen LogP contribution in [0.5, 0.6) is 0 Å². The Morgan fingerprint density at radius 2 is 2.00 bits per heavy atom. The molecule has 0 aromatic heterocycles. The van der Waals surface area contributed by atoms with Gasteiger partial charge in [-0.25, -0.2) is 13.1 Å². The number of aliphatic hydroxyl groups excluding tert-OH is 1. The second-order valence-corrected chi connectivity index (χ2v) is 7.16. The second-order valence-electron chi connectivity index (χ2n) is 5.04. The van der Waals surface area contributed by atoms with E-state index in [4.69, 9.17) is 11.6 Å². The summed E-state index contributed by atoms with van der Waals surface area (Å²) in [6, 6.07) is 4.15. The highest BCUT2D eigenvalue weighted by Crippen LogP contribution is 2.20. The van der Waals surface area contributed by atoms with Crippen LogP contribution in [0.4, 0.5) is 0 Å². The number of rotatable bonds is 6. The Hall–Kier alpha value is -0.620. The van der Waals surface area contributed by atoms with Gasteiger partial charge in [-0.2, -0.15) is 0 Å². The summed E-state index contributed by atoms with van der Waals surface area (Å²) in [5.41, 5.74) is 0.584. The monoisotopic (exact) mass is 305 g/mol. The first-order valence-electron chi connectivity index (χ1n) is 6.15. The molecule has 0 aliphatic carbocycles. The number of benzene rings is 1. The fraction of sp³-hybridized carbons (Fsp3) is 0.538. The standard InChI is InChI=1S/C13H20ClNO3S/c1-9(2)6-12(8-16)15-19(17,18)13-5-4-11(14)7-10(13)3/h4-5,7,9,12,15-16H,6,8H2,1-3H3. The molecule has 108 valence electrons. The van der Waals surface area contributed by atoms with Crippen LogP contribution in [0.15, 0.2) is 23.1 Å². The number of aryl methyl sites for hydroxylation is 1. The molecular formula is C13H20ClNO3S. The molecule has 2 N–H and O–H groups in total. The summed E-state index contributed by atoms with van der Waals surface area (Å²) in [4.78, 5) is 0.194. The molecule has 0 radical (unpaired) electrons. The van der Waals surface area contributed by atoms with Crippen molar-refractivity contribution in [3.63, 3.8) is 0 Å². The van der Waals surface area contributed by atoms with Crippen LogP contribution in [-0.4, -0.2) is 26.2 Å². The number of halogens is 1. The average Bonchev–Trinajstić information content (AvgIpc) is 2.26. The third-order valence-electron chi connectivity index (χ3n) is 2.72. The van der Waals surface area contributed by atoms with Crippen LogP contribution in [-0.2, 0) is 10.0 Å². The van der Waals surface area contributed by atoms with Gasteiger partial charge in [0, 0.05) is 11.1 Å². The zero-order valence-corrected chi connectivity index (χ0v) is 12.9. The van der Waals surface area contributed by atoms with Crippen LogP contribution in [0.3, 0.4) is 0 Å². The van der Waals surface area contributed by atoms with Gasteiger partial charge in [0.05, 0.1) is 11.5 Å². The number of aliphatic hydroxyl groups is 1. The summed E-state index contributed by atoms with van der Waals surface area (Å²) in [7, 11) is -3.63. The molecule has 0 aliphatic rings. The van der Waals surface area contributed by atoms with E-state index in [1.165, 1.54) is 6.07 Å². The Morgan fingerprint density at radius 1 is 1.37 bits per heavy atom. The van der Waals surface area contributed by atoms with E-state index in [9.17, 15) is 13.5 Å². The summed E-state index contributed by atoms with van der Waals surface area (Å²) >= 11 is 5.81. The van der Waals surface area contributed by atoms with Crippen LogP contribution in [0.25, 0.3) is 0 Å². The largest absolute Gasteiger partial charge is 0.395 e. The lowest BCUT2D eigenvalue weighted by Crippen LogP contribution is -2.38. The Labute approximate surface area is 119 Å². The van der Waals surface area contributed by atoms with E-state index < -0.39 is 16.1 Å². The van der Waals surface area contributed by atoms with Crippen LogP contribution in [0.1, 0.15) is 25.8 Å². The number of nitrogens with one attached hydrogen (secondary N) is 1. The van der Waals surface area contributed by atoms with Gasteiger partial charge in [0.15, 0.2) is 0 Å². The topological polar surface area (TPSA) is 66.4 Å². The number of hydrogen-bond donors (Lipinski definition) is 2. The van der Waals surface area contributed by atoms with Crippen LogP contribution in [0.2, 0.25) is 5.02 Å². The van der Waals surface area contributed by atoms with Gasteiger partial charge in [-0.1, -0.05) is 25.4 Å². The van der Waals surface area contributed by atoms with E-state index in [-0.39, 0.29) is 11.5 Å². The Morgan fingerprint density at radius 3 is 2.47 bits per heavy atom. The minimum absolute atomic E-state index is 0.194. The van der Waals surface area contributed by atoms with Gasteiger partial charge in [0.25, 0.3) is 0 Å². The smallest absolute Gasteiger partial charge is 0.241 e. The second kappa shape index (κ2) is 6.70. The Bertz CT molecular complexity index is 529. The molecule has 0 saturated carbocycles. The molecular weight excluding hydrogens is 286 g/mol. The molecule has 1 aromatic carbocycles. The predicted molar refractivity (Wildman–Crippen MR) is 76.8 cm³/mol. The van der Waals surface area contributed by atoms with E-state index in [1.807, 2.05) is 13.8 Å². The molecule has 0 amide bonds. The highest BCUT2D eigenvalue weighted by molar-refractivity contribution is 7.89. The summed E-state index contributed by atoms with van der Waals surface area (Å²) in [5.74, 6) is 0.297. The molecule has 1 rings (SSSR count). The SMILES string of the molecule is Cc1cc(Cl)ccc1S(=O)(=O)NC(CO)CC(C)C. The van der Waals surface area contributed by atoms with Crippen LogP contribution >= 0.6 is 11.6 Å². The van der Waals surface area contributed by atoms with Crippen LogP contribution < -0.4 is 4.72 Å². The van der Waals surface area contributed by atoms with Crippen LogP contribution in [0, 0.1) is 12.8 Å². The molecule has 0 spiro atoms. The van der Waals surface area contributed by atoms with Crippen molar-refractivity contribution in [2.75, 3.05) is 6.61 Å². The summed E-state index contributed by atoms with van der Waals surface area (Å²) in [6.07, 6.45) is 0.586. The Balaban J connectivity index is 2.97. The van der Waals surface area contributed by atoms with Crippen molar-refractivity contribution in [1.29, 1.82) is 0 Å². The van der Waals surface area contributed by atoms with Gasteiger partial charge in [-0.3, -0.25) is 0 Å². The number of hydrogen-bond acceptors (Lipinski definition) is 3. The van der Waals surface area contributed by atoms with Crippen molar-refractivity contribution in [2.24, 2.45) is 5.92 Å². The third-order valence-corrected chi connectivity index (χ3v) is 4.64. The van der Waals surface area contributed by atoms with Gasteiger partial charge in [0.1, 0.15) is 0 Å². The van der Waals surface area contributed by atoms with Crippen molar-refractivity contribution >= 4 is 21.6 Å². The first-order chi connectivity index (χ1) is 8.76. The normalized spacial score (nSPS) is 13.8. The van der Waals surface area contributed by atoms with Crippen molar-refractivity contribution in [1.82, 2.24) is 4.72 Å². The predicted octanol–water partition coefficient (Wildman–Crippen LogP) is 2.33. The van der Waals surface area contributed by atoms with Gasteiger partial charge in [-0.05, 0) is 43.0 Å². The fourth-order valence-electron chi connectivity index (χ4n) is 1.93. The number of sulfonamides is 1. The minimum Gasteiger partial charge on any atom is -0.395 e. The van der Waals surface area contributed by atoms with E-state index in [0.29, 0.717) is 22.9 Å². The summed E-state index contributed by atoms with van der Waals surface area (Å²) < 4.78 is 27.0. The molecule has 4 nitrogen and oxygen atoms in total. The maximum absolute atomic E-state index is 12.2. The van der Waals surface area contributed by atoms with Crippen molar-refractivity contribution in [2.45, 2.75) is 38.1 Å². The lowest BCUT2D eigenvalue weighted by atomic mass is 10.1. The van der Waals surface area contributed by atoms with Crippen molar-refractivity contribution in [3.05, 3.63) is 28.8 Å². The summed E-state index contributed by atoms with van der Waals surface area (Å²) in [6.45, 7) is 5.43. The van der Waals surface area contributed by atoms with E-state index in [1.54, 1.807) is 19.1 Å². The molecule has 1 unspecified atom stereocenters. The first-order valence-corrected chi connectivity index (χ1v) is 8.01. The van der Waals surface area contributed by atoms with Gasteiger partial charge < -0.3 is 5.11 Å². The quantitative estimate of drug-likeness (QED) is 0.847. The van der Waals surface area contributed by atoms with Crippen molar-refractivity contribution in [3.8, 4) is 0 Å². The molecule has 1 aromatic rings. The molecule has 0 saturated heterocycles. The van der Waals surface area contributed by atoms with Crippen molar-refractivity contribution < 1.29 is 13.5 Å². The first kappa shape index (κ1) is 16.4. The molecule has 19 heavy (non-hydrogen) atoms. The summed E-state index contributed by atoms with van der Waals surface area (Å²) in [5, 5.41) is 9.75. The Kier molecular flexibility index (Phi) is 5.80. The minimum atomic E-state index is -3.63. The lowest BCUT2D eigenvalue weighted by Gasteiger charge is -2.19. The maximum Gasteiger partial charge on any atom is 0.241 e. The molecule has 6 heteroatoms. The van der Waals surface area contributed by atoms with Gasteiger partial charge >= 0.3 is 0 Å². The molecule has 0 aliphatic heterocycles. The maximum atomic E-state index is 12.2. The van der Waals surface area contributed by atoms with Gasteiger partial charge in [-0.15, -0.1) is 0 Å². The van der Waals surface area contributed by atoms with E-state index in [0.717, 1.165) is 0 Å². The molecule has 0 heterocycles. The third kappa shape index (κ3) is 4.76. The lowest BCUT2D eigenvalue weighted by molar-refractivity contribution is 0.240. The zero-order chi connectivity index (χ0) is 14.6. The highest BCUT2D eigenvalue weighted by Gasteiger charge is 2.22. The molecule has 1 atom stereocenters. The molecule has 0 bridgehead atoms. The zero-order valence-electron chi connectivity index (χ0n) is 11.4. The van der Waals surface area contributed by atoms with E-state index >= 15 is 0 Å². The molecule has 0 fully saturated rings. The van der Waals surface area contributed by atoms with E-state index in [2.05, 4.69) is 4.72 Å². The fourth-order valence-corrected chi connectivity index (χ4v) is 3.62. The van der Waals surface area contributed by atoms with Gasteiger partial charge in [0.2, 0.25) is 10.0 Å².